The maximum Gasteiger partial charge on any atom is 0.242 e. The summed E-state index contributed by atoms with van der Waals surface area (Å²) in [6.45, 7) is 1.66. The maximum atomic E-state index is 14.4. The van der Waals surface area contributed by atoms with Crippen LogP contribution in [0.25, 0.3) is 0 Å². The number of anilines is 1. The number of hydrogen-bond donors (Lipinski definition) is 1. The molecule has 1 unspecified atom stereocenters. The fraction of sp³-hybridized carbons (Fsp3) is 0.481. The Kier molecular flexibility index (Phi) is 9.91. The molecule has 3 rings (SSSR count). The first kappa shape index (κ1) is 28.4. The number of carbonyl (C=O) groups is 2. The van der Waals surface area contributed by atoms with Gasteiger partial charge >= 0.3 is 0 Å². The van der Waals surface area contributed by atoms with E-state index in [1.165, 1.54) is 22.4 Å². The zero-order chi connectivity index (χ0) is 27.0. The van der Waals surface area contributed by atoms with E-state index in [1.54, 1.807) is 49.4 Å². The lowest BCUT2D eigenvalue weighted by molar-refractivity contribution is -0.141. The first-order valence-corrected chi connectivity index (χ1v) is 14.4. The molecule has 1 atom stereocenters. The number of nitrogens with zero attached hydrogens (tertiary/aromatic N) is 2. The Labute approximate surface area is 218 Å². The van der Waals surface area contributed by atoms with Gasteiger partial charge in [-0.1, -0.05) is 31.0 Å². The Balaban J connectivity index is 1.72. The van der Waals surface area contributed by atoms with Gasteiger partial charge in [-0.05, 0) is 56.5 Å². The quantitative estimate of drug-likeness (QED) is 0.447. The SMILES string of the molecule is COc1ccc(N(CCCC(=O)N(Cc2ccccc2F)C(C)C(=O)NC2CCCC2)S(C)(=O)=O)cc1. The number of nitrogens with one attached hydrogen (secondary N) is 1. The van der Waals surface area contributed by atoms with Crippen LogP contribution in [0.1, 0.15) is 51.0 Å². The molecule has 0 aliphatic heterocycles. The van der Waals surface area contributed by atoms with Gasteiger partial charge in [0.2, 0.25) is 21.8 Å². The van der Waals surface area contributed by atoms with E-state index in [0.717, 1.165) is 31.9 Å². The largest absolute Gasteiger partial charge is 0.497 e. The van der Waals surface area contributed by atoms with Gasteiger partial charge in [0.15, 0.2) is 0 Å². The average Bonchev–Trinajstić information content (AvgIpc) is 3.38. The number of benzene rings is 2. The zero-order valence-corrected chi connectivity index (χ0v) is 22.5. The van der Waals surface area contributed by atoms with Crippen molar-refractivity contribution in [3.63, 3.8) is 0 Å². The van der Waals surface area contributed by atoms with Crippen molar-refractivity contribution >= 4 is 27.5 Å². The minimum Gasteiger partial charge on any atom is -0.497 e. The van der Waals surface area contributed by atoms with Gasteiger partial charge in [-0.25, -0.2) is 12.8 Å². The molecule has 1 fully saturated rings. The molecule has 0 spiro atoms. The highest BCUT2D eigenvalue weighted by molar-refractivity contribution is 7.92. The Morgan fingerprint density at radius 2 is 1.76 bits per heavy atom. The van der Waals surface area contributed by atoms with Crippen molar-refractivity contribution in [3.8, 4) is 5.75 Å². The highest BCUT2D eigenvalue weighted by Crippen LogP contribution is 2.23. The summed E-state index contributed by atoms with van der Waals surface area (Å²) < 4.78 is 45.7. The average molecular weight is 534 g/mol. The second-order valence-electron chi connectivity index (χ2n) is 9.42. The Bertz CT molecular complexity index is 1170. The fourth-order valence-corrected chi connectivity index (χ4v) is 5.50. The minimum atomic E-state index is -3.60. The summed E-state index contributed by atoms with van der Waals surface area (Å²) >= 11 is 0. The van der Waals surface area contributed by atoms with Gasteiger partial charge in [0.05, 0.1) is 19.1 Å². The molecule has 0 heterocycles. The summed E-state index contributed by atoms with van der Waals surface area (Å²) in [4.78, 5) is 27.7. The Hall–Kier alpha value is -3.14. The molecule has 0 aromatic heterocycles. The first-order chi connectivity index (χ1) is 17.6. The molecular formula is C27H36FN3O5S. The van der Waals surface area contributed by atoms with E-state index in [-0.39, 0.29) is 43.8 Å². The summed E-state index contributed by atoms with van der Waals surface area (Å²) in [5.74, 6) is -0.472. The number of hydrogen-bond acceptors (Lipinski definition) is 5. The third kappa shape index (κ3) is 7.92. The lowest BCUT2D eigenvalue weighted by Crippen LogP contribution is -2.49. The van der Waals surface area contributed by atoms with Crippen LogP contribution >= 0.6 is 0 Å². The lowest BCUT2D eigenvalue weighted by Gasteiger charge is -2.30. The van der Waals surface area contributed by atoms with Crippen LogP contribution in [-0.2, 0) is 26.2 Å². The first-order valence-electron chi connectivity index (χ1n) is 12.5. The van der Waals surface area contributed by atoms with E-state index in [2.05, 4.69) is 5.32 Å². The van der Waals surface area contributed by atoms with Crippen molar-refractivity contribution in [1.29, 1.82) is 0 Å². The van der Waals surface area contributed by atoms with Gasteiger partial charge in [-0.2, -0.15) is 0 Å². The number of carbonyl (C=O) groups excluding carboxylic acids is 2. The normalized spacial score (nSPS) is 14.7. The lowest BCUT2D eigenvalue weighted by atomic mass is 10.1. The highest BCUT2D eigenvalue weighted by Gasteiger charge is 2.29. The number of methoxy groups -OCH3 is 1. The van der Waals surface area contributed by atoms with Crippen molar-refractivity contribution < 1.29 is 27.1 Å². The highest BCUT2D eigenvalue weighted by atomic mass is 32.2. The van der Waals surface area contributed by atoms with Gasteiger partial charge in [0, 0.05) is 31.1 Å². The summed E-state index contributed by atoms with van der Waals surface area (Å²) in [6, 6.07) is 12.1. The predicted molar refractivity (Wildman–Crippen MR) is 141 cm³/mol. The van der Waals surface area contributed by atoms with E-state index >= 15 is 0 Å². The molecule has 2 amide bonds. The molecule has 0 bridgehead atoms. The predicted octanol–water partition coefficient (Wildman–Crippen LogP) is 3.86. The van der Waals surface area contributed by atoms with Crippen LogP contribution in [0, 0.1) is 5.82 Å². The molecule has 8 nitrogen and oxygen atoms in total. The van der Waals surface area contributed by atoms with Crippen molar-refractivity contribution in [2.45, 2.75) is 64.1 Å². The van der Waals surface area contributed by atoms with E-state index in [4.69, 9.17) is 4.74 Å². The number of rotatable bonds is 12. The summed E-state index contributed by atoms with van der Waals surface area (Å²) in [5, 5.41) is 3.02. The van der Waals surface area contributed by atoms with Crippen molar-refractivity contribution in [2.24, 2.45) is 0 Å². The molecule has 1 saturated carbocycles. The van der Waals surface area contributed by atoms with Crippen LogP contribution in [0.2, 0.25) is 0 Å². The molecule has 2 aromatic carbocycles. The molecule has 1 aliphatic carbocycles. The Morgan fingerprint density at radius 3 is 2.35 bits per heavy atom. The van der Waals surface area contributed by atoms with Gasteiger partial charge in [-0.3, -0.25) is 13.9 Å². The van der Waals surface area contributed by atoms with Crippen molar-refractivity contribution in [1.82, 2.24) is 10.2 Å². The van der Waals surface area contributed by atoms with Crippen LogP contribution in [0.5, 0.6) is 5.75 Å². The fourth-order valence-electron chi connectivity index (χ4n) is 4.54. The summed E-state index contributed by atoms with van der Waals surface area (Å²) in [7, 11) is -2.07. The second-order valence-corrected chi connectivity index (χ2v) is 11.3. The zero-order valence-electron chi connectivity index (χ0n) is 21.7. The van der Waals surface area contributed by atoms with Gasteiger partial charge in [0.1, 0.15) is 17.6 Å². The molecule has 37 heavy (non-hydrogen) atoms. The van der Waals surface area contributed by atoms with Crippen LogP contribution in [-0.4, -0.2) is 57.1 Å². The Morgan fingerprint density at radius 1 is 1.11 bits per heavy atom. The maximum absolute atomic E-state index is 14.4. The standard InChI is InChI=1S/C27H36FN3O5S/c1-20(27(33)29-22-10-5-6-11-22)30(19-21-9-4-7-12-25(21)28)26(32)13-8-18-31(37(3,34)35)23-14-16-24(36-2)17-15-23/h4,7,9,12,14-17,20,22H,5-6,8,10-11,13,18-19H2,1-3H3,(H,29,33). The molecule has 2 aromatic rings. The molecule has 202 valence electrons. The van der Waals surface area contributed by atoms with Gasteiger partial charge in [0.25, 0.3) is 0 Å². The van der Waals surface area contributed by atoms with Gasteiger partial charge < -0.3 is 15.0 Å². The molecule has 0 saturated heterocycles. The summed E-state index contributed by atoms with van der Waals surface area (Å²) in [6.07, 6.45) is 5.27. The number of halogens is 1. The minimum absolute atomic E-state index is 0.00231. The van der Waals surface area contributed by atoms with Crippen LogP contribution in [0.3, 0.4) is 0 Å². The van der Waals surface area contributed by atoms with Crippen LogP contribution in [0.15, 0.2) is 48.5 Å². The topological polar surface area (TPSA) is 96.0 Å². The monoisotopic (exact) mass is 533 g/mol. The van der Waals surface area contributed by atoms with Crippen LogP contribution < -0.4 is 14.4 Å². The van der Waals surface area contributed by atoms with Crippen molar-refractivity contribution in [2.75, 3.05) is 24.2 Å². The van der Waals surface area contributed by atoms with E-state index in [0.29, 0.717) is 17.0 Å². The van der Waals surface area contributed by atoms with E-state index in [1.807, 2.05) is 0 Å². The molecule has 10 heteroatoms. The smallest absolute Gasteiger partial charge is 0.242 e. The molecular weight excluding hydrogens is 497 g/mol. The summed E-state index contributed by atoms with van der Waals surface area (Å²) in [5.41, 5.74) is 0.774. The molecule has 0 radical (unpaired) electrons. The number of sulfonamides is 1. The number of amides is 2. The second kappa shape index (κ2) is 12.9. The van der Waals surface area contributed by atoms with Gasteiger partial charge in [-0.15, -0.1) is 0 Å². The number of ether oxygens (including phenoxy) is 1. The molecule has 1 aliphatic rings. The third-order valence-corrected chi connectivity index (χ3v) is 7.87. The van der Waals surface area contributed by atoms with Crippen molar-refractivity contribution in [3.05, 3.63) is 59.9 Å². The van der Waals surface area contributed by atoms with E-state index < -0.39 is 21.9 Å². The van der Waals surface area contributed by atoms with E-state index in [9.17, 15) is 22.4 Å². The van der Waals surface area contributed by atoms with Crippen LogP contribution in [0.4, 0.5) is 10.1 Å². The molecule has 1 N–H and O–H groups in total. The third-order valence-electron chi connectivity index (χ3n) is 6.68.